The van der Waals surface area contributed by atoms with Crippen LogP contribution in [0.5, 0.6) is 17.2 Å². The second-order valence-electron chi connectivity index (χ2n) is 7.96. The fourth-order valence-electron chi connectivity index (χ4n) is 3.56. The monoisotopic (exact) mass is 422 g/mol. The van der Waals surface area contributed by atoms with E-state index in [1.54, 1.807) is 0 Å². The number of ether oxygens (including phenoxy) is 3. The van der Waals surface area contributed by atoms with Crippen LogP contribution in [0.25, 0.3) is 0 Å². The zero-order chi connectivity index (χ0) is 22.0. The van der Waals surface area contributed by atoms with Gasteiger partial charge in [0.25, 0.3) is 0 Å². The van der Waals surface area contributed by atoms with Crippen molar-refractivity contribution in [1.82, 2.24) is 0 Å². The minimum atomic E-state index is -0.429. The Labute approximate surface area is 183 Å². The molecule has 0 bridgehead atoms. The van der Waals surface area contributed by atoms with Crippen LogP contribution >= 0.6 is 0 Å². The predicted molar refractivity (Wildman–Crippen MR) is 122 cm³/mol. The molecule has 0 unspecified atom stereocenters. The fourth-order valence-corrected chi connectivity index (χ4v) is 3.56. The number of carbonyl (C=O) groups is 1. The first-order valence-corrected chi connectivity index (χ1v) is 11.8. The lowest BCUT2D eigenvalue weighted by molar-refractivity contribution is 0.0496. The lowest BCUT2D eigenvalue weighted by atomic mass is 10.0. The Kier molecular flexibility index (Phi) is 14.7. The Morgan fingerprint density at radius 2 is 1.13 bits per heavy atom. The zero-order valence-electron chi connectivity index (χ0n) is 19.3. The van der Waals surface area contributed by atoms with Gasteiger partial charge in [-0.1, -0.05) is 90.4 Å². The molecule has 0 atom stereocenters. The van der Waals surface area contributed by atoms with Crippen LogP contribution in [0.15, 0.2) is 12.1 Å². The molecule has 0 fully saturated rings. The van der Waals surface area contributed by atoms with Crippen molar-refractivity contribution in [2.75, 3.05) is 20.8 Å². The summed E-state index contributed by atoms with van der Waals surface area (Å²) in [6.45, 7) is 2.67. The maximum Gasteiger partial charge on any atom is 0.338 e. The van der Waals surface area contributed by atoms with Gasteiger partial charge < -0.3 is 19.3 Å². The SMILES string of the molecule is CCCCCCCCCCCCCCCCOC(=O)c1cc(OC)c(O)c(OC)c1. The van der Waals surface area contributed by atoms with Crippen LogP contribution in [0.2, 0.25) is 0 Å². The smallest absolute Gasteiger partial charge is 0.338 e. The number of hydrogen-bond donors (Lipinski definition) is 1. The van der Waals surface area contributed by atoms with Gasteiger partial charge in [-0.05, 0) is 18.6 Å². The quantitative estimate of drug-likeness (QED) is 0.203. The van der Waals surface area contributed by atoms with E-state index < -0.39 is 5.97 Å². The molecule has 0 aliphatic carbocycles. The molecule has 1 rings (SSSR count). The molecule has 30 heavy (non-hydrogen) atoms. The highest BCUT2D eigenvalue weighted by Gasteiger charge is 2.16. The first kappa shape index (κ1) is 26.1. The predicted octanol–water partition coefficient (Wildman–Crippen LogP) is 7.05. The molecule has 0 saturated heterocycles. The molecule has 5 heteroatoms. The van der Waals surface area contributed by atoms with E-state index in [0.717, 1.165) is 12.8 Å². The topological polar surface area (TPSA) is 65.0 Å². The second-order valence-corrected chi connectivity index (χ2v) is 7.96. The van der Waals surface area contributed by atoms with Crippen molar-refractivity contribution >= 4 is 5.97 Å². The van der Waals surface area contributed by atoms with E-state index in [-0.39, 0.29) is 17.2 Å². The van der Waals surface area contributed by atoms with Crippen LogP contribution < -0.4 is 9.47 Å². The van der Waals surface area contributed by atoms with Gasteiger partial charge in [-0.3, -0.25) is 0 Å². The third-order valence-electron chi connectivity index (χ3n) is 5.45. The first-order chi connectivity index (χ1) is 14.6. The molecule has 0 aliphatic heterocycles. The highest BCUT2D eigenvalue weighted by Crippen LogP contribution is 2.37. The van der Waals surface area contributed by atoms with Crippen molar-refractivity contribution in [2.24, 2.45) is 0 Å². The Bertz CT molecular complexity index is 560. The standard InChI is InChI=1S/C25H42O5/c1-4-5-6-7-8-9-10-11-12-13-14-15-16-17-18-30-25(27)21-19-22(28-2)24(26)23(20-21)29-3/h19-20,26H,4-18H2,1-3H3. The van der Waals surface area contributed by atoms with Gasteiger partial charge in [0, 0.05) is 0 Å². The van der Waals surface area contributed by atoms with Crippen molar-refractivity contribution in [1.29, 1.82) is 0 Å². The van der Waals surface area contributed by atoms with Crippen LogP contribution in [0.4, 0.5) is 0 Å². The number of esters is 1. The van der Waals surface area contributed by atoms with Gasteiger partial charge in [-0.25, -0.2) is 4.79 Å². The number of phenols is 1. The molecule has 0 aromatic heterocycles. The van der Waals surface area contributed by atoms with Crippen molar-refractivity contribution in [2.45, 2.75) is 96.8 Å². The summed E-state index contributed by atoms with van der Waals surface area (Å²) in [6.07, 6.45) is 18.1. The van der Waals surface area contributed by atoms with Crippen molar-refractivity contribution < 1.29 is 24.1 Å². The summed E-state index contributed by atoms with van der Waals surface area (Å²) in [4.78, 5) is 12.2. The summed E-state index contributed by atoms with van der Waals surface area (Å²) in [6, 6.07) is 2.93. The summed E-state index contributed by atoms with van der Waals surface area (Å²) < 4.78 is 15.5. The van der Waals surface area contributed by atoms with Gasteiger partial charge in [0.05, 0.1) is 26.4 Å². The first-order valence-electron chi connectivity index (χ1n) is 11.8. The van der Waals surface area contributed by atoms with E-state index in [0.29, 0.717) is 12.2 Å². The fraction of sp³-hybridized carbons (Fsp3) is 0.720. The minimum Gasteiger partial charge on any atom is -0.502 e. The molecule has 0 amide bonds. The van der Waals surface area contributed by atoms with Crippen molar-refractivity contribution in [3.8, 4) is 17.2 Å². The van der Waals surface area contributed by atoms with Crippen LogP contribution in [0, 0.1) is 0 Å². The molecular formula is C25H42O5. The number of benzene rings is 1. The molecule has 172 valence electrons. The van der Waals surface area contributed by atoms with Gasteiger partial charge in [0.1, 0.15) is 0 Å². The van der Waals surface area contributed by atoms with Gasteiger partial charge in [0.15, 0.2) is 11.5 Å². The molecule has 0 aliphatic rings. The molecule has 0 saturated carbocycles. The molecule has 0 heterocycles. The summed E-state index contributed by atoms with van der Waals surface area (Å²) >= 11 is 0. The molecule has 0 radical (unpaired) electrons. The lowest BCUT2D eigenvalue weighted by Crippen LogP contribution is -2.07. The Morgan fingerprint density at radius 3 is 1.53 bits per heavy atom. The van der Waals surface area contributed by atoms with Crippen LogP contribution in [0.1, 0.15) is 107 Å². The van der Waals surface area contributed by atoms with E-state index in [2.05, 4.69) is 6.92 Å². The van der Waals surface area contributed by atoms with Gasteiger partial charge in [-0.2, -0.15) is 0 Å². The number of methoxy groups -OCH3 is 2. The Hall–Kier alpha value is -1.91. The Morgan fingerprint density at radius 1 is 0.733 bits per heavy atom. The van der Waals surface area contributed by atoms with Crippen LogP contribution in [-0.2, 0) is 4.74 Å². The number of carbonyl (C=O) groups excluding carboxylic acids is 1. The number of unbranched alkanes of at least 4 members (excludes halogenated alkanes) is 13. The van der Waals surface area contributed by atoms with Gasteiger partial charge >= 0.3 is 5.97 Å². The summed E-state index contributed by atoms with van der Waals surface area (Å²) in [5, 5.41) is 9.91. The van der Waals surface area contributed by atoms with Crippen molar-refractivity contribution in [3.63, 3.8) is 0 Å². The number of rotatable bonds is 18. The van der Waals surface area contributed by atoms with E-state index in [9.17, 15) is 9.90 Å². The summed E-state index contributed by atoms with van der Waals surface area (Å²) in [5.74, 6) is -0.166. The molecule has 5 nitrogen and oxygen atoms in total. The number of aromatic hydroxyl groups is 1. The highest BCUT2D eigenvalue weighted by atomic mass is 16.5. The second kappa shape index (κ2) is 16.8. The molecule has 1 aromatic rings. The van der Waals surface area contributed by atoms with E-state index in [4.69, 9.17) is 14.2 Å². The number of hydrogen-bond acceptors (Lipinski definition) is 5. The van der Waals surface area contributed by atoms with Gasteiger partial charge in [0.2, 0.25) is 5.75 Å². The van der Waals surface area contributed by atoms with Crippen LogP contribution in [-0.4, -0.2) is 31.9 Å². The van der Waals surface area contributed by atoms with E-state index >= 15 is 0 Å². The van der Waals surface area contributed by atoms with E-state index in [1.807, 2.05) is 0 Å². The maximum absolute atomic E-state index is 12.2. The summed E-state index contributed by atoms with van der Waals surface area (Å²) in [5.41, 5.74) is 0.312. The van der Waals surface area contributed by atoms with E-state index in [1.165, 1.54) is 103 Å². The zero-order valence-corrected chi connectivity index (χ0v) is 19.3. The van der Waals surface area contributed by atoms with Crippen LogP contribution in [0.3, 0.4) is 0 Å². The average Bonchev–Trinajstić information content (AvgIpc) is 2.76. The lowest BCUT2D eigenvalue weighted by Gasteiger charge is -2.11. The minimum absolute atomic E-state index is 0.122. The Balaban J connectivity index is 2.04. The van der Waals surface area contributed by atoms with Gasteiger partial charge in [-0.15, -0.1) is 0 Å². The highest BCUT2D eigenvalue weighted by molar-refractivity contribution is 5.91. The average molecular weight is 423 g/mol. The third-order valence-corrected chi connectivity index (χ3v) is 5.45. The summed E-state index contributed by atoms with van der Waals surface area (Å²) in [7, 11) is 2.86. The van der Waals surface area contributed by atoms with Crippen molar-refractivity contribution in [3.05, 3.63) is 17.7 Å². The molecule has 1 aromatic carbocycles. The molecule has 0 spiro atoms. The third kappa shape index (κ3) is 10.7. The normalized spacial score (nSPS) is 10.8. The molecular weight excluding hydrogens is 380 g/mol. The molecule has 1 N–H and O–H groups in total. The largest absolute Gasteiger partial charge is 0.502 e. The maximum atomic E-state index is 12.2. The number of phenolic OH excluding ortho intramolecular Hbond substituents is 1.